The highest BCUT2D eigenvalue weighted by atomic mass is 35.5. The number of nitrogens with one attached hydrogen (secondary N) is 1. The van der Waals surface area contributed by atoms with E-state index in [0.29, 0.717) is 29.7 Å². The maximum absolute atomic E-state index is 6.04. The summed E-state index contributed by atoms with van der Waals surface area (Å²) in [6, 6.07) is 0.319. The molecule has 1 aromatic rings. The Hall–Kier alpha value is -1.10. The molecule has 20 heavy (non-hydrogen) atoms. The predicted octanol–water partition coefficient (Wildman–Crippen LogP) is 3.41. The van der Waals surface area contributed by atoms with E-state index < -0.39 is 0 Å². The van der Waals surface area contributed by atoms with Crippen molar-refractivity contribution in [3.63, 3.8) is 0 Å². The third-order valence-electron chi connectivity index (χ3n) is 4.03. The van der Waals surface area contributed by atoms with E-state index in [4.69, 9.17) is 16.3 Å². The summed E-state index contributed by atoms with van der Waals surface area (Å²) >= 11 is 5.89. The third-order valence-corrected chi connectivity index (χ3v) is 4.20. The van der Waals surface area contributed by atoms with Crippen molar-refractivity contribution in [2.75, 3.05) is 12.4 Å². The number of nitrogens with zero attached hydrogens (tertiary/aromatic N) is 3. The molecule has 112 valence electrons. The van der Waals surface area contributed by atoms with E-state index in [9.17, 15) is 0 Å². The van der Waals surface area contributed by atoms with Crippen molar-refractivity contribution < 1.29 is 4.74 Å². The summed E-state index contributed by atoms with van der Waals surface area (Å²) in [6.45, 7) is 6.76. The van der Waals surface area contributed by atoms with Gasteiger partial charge in [0.15, 0.2) is 0 Å². The van der Waals surface area contributed by atoms with E-state index in [-0.39, 0.29) is 11.4 Å². The average molecular weight is 299 g/mol. The van der Waals surface area contributed by atoms with Gasteiger partial charge in [0.2, 0.25) is 11.2 Å². The van der Waals surface area contributed by atoms with Crippen LogP contribution in [0.4, 0.5) is 5.95 Å². The topological polar surface area (TPSA) is 59.9 Å². The van der Waals surface area contributed by atoms with Crippen LogP contribution in [0.25, 0.3) is 0 Å². The Balaban J connectivity index is 2.15. The van der Waals surface area contributed by atoms with E-state index >= 15 is 0 Å². The second kappa shape index (κ2) is 6.57. The molecule has 0 radical (unpaired) electrons. The van der Waals surface area contributed by atoms with Crippen LogP contribution in [0.2, 0.25) is 5.28 Å². The Bertz CT molecular complexity index is 455. The summed E-state index contributed by atoms with van der Waals surface area (Å²) in [4.78, 5) is 12.3. The number of hydrogen-bond donors (Lipinski definition) is 1. The van der Waals surface area contributed by atoms with E-state index in [1.54, 1.807) is 7.05 Å². The van der Waals surface area contributed by atoms with Gasteiger partial charge in [0, 0.05) is 7.05 Å². The lowest BCUT2D eigenvalue weighted by atomic mass is 9.75. The summed E-state index contributed by atoms with van der Waals surface area (Å²) in [7, 11) is 1.75. The first-order valence-electron chi connectivity index (χ1n) is 7.25. The molecule has 1 heterocycles. The van der Waals surface area contributed by atoms with Gasteiger partial charge in [-0.25, -0.2) is 0 Å². The molecule has 0 aliphatic heterocycles. The van der Waals surface area contributed by atoms with Gasteiger partial charge in [-0.3, -0.25) is 0 Å². The molecule has 2 rings (SSSR count). The Labute approximate surface area is 125 Å². The predicted molar refractivity (Wildman–Crippen MR) is 80.1 cm³/mol. The molecule has 0 aromatic carbocycles. The van der Waals surface area contributed by atoms with Crippen molar-refractivity contribution in [2.24, 2.45) is 17.8 Å². The van der Waals surface area contributed by atoms with Gasteiger partial charge in [-0.2, -0.15) is 15.0 Å². The first-order valence-corrected chi connectivity index (χ1v) is 7.63. The maximum atomic E-state index is 6.04. The molecule has 0 bridgehead atoms. The van der Waals surface area contributed by atoms with Gasteiger partial charge in [-0.05, 0) is 42.2 Å². The molecular formula is C14H23ClN4O. The molecule has 1 fully saturated rings. The quantitative estimate of drug-likeness (QED) is 0.923. The highest BCUT2D eigenvalue weighted by Gasteiger charge is 2.33. The zero-order valence-corrected chi connectivity index (χ0v) is 13.3. The van der Waals surface area contributed by atoms with Gasteiger partial charge in [0.05, 0.1) is 0 Å². The summed E-state index contributed by atoms with van der Waals surface area (Å²) in [6.07, 6.45) is 3.66. The molecule has 1 aliphatic carbocycles. The average Bonchev–Trinajstić information content (AvgIpc) is 2.37. The third kappa shape index (κ3) is 3.72. The second-order valence-corrected chi connectivity index (χ2v) is 6.28. The zero-order valence-electron chi connectivity index (χ0n) is 12.6. The van der Waals surface area contributed by atoms with Crippen molar-refractivity contribution in [3.05, 3.63) is 5.28 Å². The van der Waals surface area contributed by atoms with Crippen LogP contribution in [-0.4, -0.2) is 28.1 Å². The lowest BCUT2D eigenvalue weighted by Crippen LogP contribution is -2.36. The molecular weight excluding hydrogens is 276 g/mol. The van der Waals surface area contributed by atoms with Crippen LogP contribution in [0.5, 0.6) is 6.01 Å². The number of anilines is 1. The highest BCUT2D eigenvalue weighted by Crippen LogP contribution is 2.35. The lowest BCUT2D eigenvalue weighted by molar-refractivity contribution is 0.0389. The lowest BCUT2D eigenvalue weighted by Gasteiger charge is -2.36. The van der Waals surface area contributed by atoms with Crippen LogP contribution in [0.1, 0.15) is 40.0 Å². The Morgan fingerprint density at radius 2 is 2.00 bits per heavy atom. The number of aromatic nitrogens is 3. The van der Waals surface area contributed by atoms with Crippen molar-refractivity contribution in [2.45, 2.75) is 46.1 Å². The molecule has 1 aliphatic rings. The summed E-state index contributed by atoms with van der Waals surface area (Å²) in [5, 5.41) is 3.02. The second-order valence-electron chi connectivity index (χ2n) is 5.94. The van der Waals surface area contributed by atoms with Crippen molar-refractivity contribution in [1.82, 2.24) is 15.0 Å². The fraction of sp³-hybridized carbons (Fsp3) is 0.786. The molecule has 6 heteroatoms. The minimum Gasteiger partial charge on any atom is -0.460 e. The van der Waals surface area contributed by atoms with Crippen LogP contribution in [-0.2, 0) is 0 Å². The zero-order chi connectivity index (χ0) is 14.7. The summed E-state index contributed by atoms with van der Waals surface area (Å²) in [5.41, 5.74) is 0. The molecule has 0 spiro atoms. The van der Waals surface area contributed by atoms with Crippen LogP contribution in [0.15, 0.2) is 0 Å². The first kappa shape index (κ1) is 15.3. The Morgan fingerprint density at radius 3 is 2.65 bits per heavy atom. The number of rotatable bonds is 4. The molecule has 3 unspecified atom stereocenters. The Kier molecular flexibility index (Phi) is 5.02. The minimum atomic E-state index is 0.155. The van der Waals surface area contributed by atoms with Crippen molar-refractivity contribution in [1.29, 1.82) is 0 Å². The van der Waals surface area contributed by atoms with Gasteiger partial charge in [-0.15, -0.1) is 0 Å². The normalized spacial score (nSPS) is 26.6. The van der Waals surface area contributed by atoms with E-state index in [1.165, 1.54) is 12.8 Å². The maximum Gasteiger partial charge on any atom is 0.322 e. The molecule has 1 saturated carbocycles. The monoisotopic (exact) mass is 298 g/mol. The van der Waals surface area contributed by atoms with Gasteiger partial charge >= 0.3 is 6.01 Å². The number of hydrogen-bond acceptors (Lipinski definition) is 5. The van der Waals surface area contributed by atoms with Crippen molar-refractivity contribution >= 4 is 17.5 Å². The van der Waals surface area contributed by atoms with Crippen LogP contribution < -0.4 is 10.1 Å². The van der Waals surface area contributed by atoms with Crippen molar-refractivity contribution in [3.8, 4) is 6.01 Å². The Morgan fingerprint density at radius 1 is 1.25 bits per heavy atom. The molecule has 5 nitrogen and oxygen atoms in total. The molecule has 1 N–H and O–H groups in total. The summed E-state index contributed by atoms with van der Waals surface area (Å²) < 4.78 is 6.04. The fourth-order valence-corrected chi connectivity index (χ4v) is 3.03. The van der Waals surface area contributed by atoms with Gasteiger partial charge in [-0.1, -0.05) is 27.2 Å². The minimum absolute atomic E-state index is 0.155. The van der Waals surface area contributed by atoms with Gasteiger partial charge in [0.1, 0.15) is 6.10 Å². The largest absolute Gasteiger partial charge is 0.460 e. The fourth-order valence-electron chi connectivity index (χ4n) is 2.88. The van der Waals surface area contributed by atoms with E-state index in [2.05, 4.69) is 41.0 Å². The summed E-state index contributed by atoms with van der Waals surface area (Å²) in [5.74, 6) is 2.24. The molecule has 1 aromatic heterocycles. The molecule has 3 atom stereocenters. The first-order chi connectivity index (χ1) is 9.49. The van der Waals surface area contributed by atoms with Gasteiger partial charge in [0.25, 0.3) is 0 Å². The molecule has 0 saturated heterocycles. The van der Waals surface area contributed by atoms with Gasteiger partial charge < -0.3 is 10.1 Å². The number of halogens is 1. The van der Waals surface area contributed by atoms with E-state index in [0.717, 1.165) is 6.42 Å². The van der Waals surface area contributed by atoms with Crippen LogP contribution in [0.3, 0.4) is 0 Å². The van der Waals surface area contributed by atoms with Crippen LogP contribution >= 0.6 is 11.6 Å². The van der Waals surface area contributed by atoms with Crippen LogP contribution in [0, 0.1) is 17.8 Å². The highest BCUT2D eigenvalue weighted by molar-refractivity contribution is 6.28. The standard InChI is InChI=1S/C14H23ClN4O/c1-8(2)10-6-5-9(3)7-11(10)20-14-18-12(15)17-13(16-4)19-14/h8-11H,5-7H2,1-4H3,(H,16,17,18,19). The van der Waals surface area contributed by atoms with E-state index in [1.807, 2.05) is 0 Å². The number of ether oxygens (including phenoxy) is 1. The smallest absolute Gasteiger partial charge is 0.322 e. The molecule has 0 amide bonds. The SMILES string of the molecule is CNc1nc(Cl)nc(OC2CC(C)CCC2C(C)C)n1.